The van der Waals surface area contributed by atoms with Crippen LogP contribution in [0.1, 0.15) is 13.8 Å². The third kappa shape index (κ3) is 3.94. The van der Waals surface area contributed by atoms with Crippen molar-refractivity contribution in [2.75, 3.05) is 26.7 Å². The fourth-order valence-corrected chi connectivity index (χ4v) is 1.57. The minimum absolute atomic E-state index is 0. The van der Waals surface area contributed by atoms with Crippen molar-refractivity contribution in [2.45, 2.75) is 19.9 Å². The molecule has 0 radical (unpaired) electrons. The first-order valence-corrected chi connectivity index (χ1v) is 4.13. The summed E-state index contributed by atoms with van der Waals surface area (Å²) in [6.07, 6.45) is 0. The molecule has 0 aliphatic carbocycles. The zero-order valence-corrected chi connectivity index (χ0v) is 9.67. The molecule has 1 heterocycles. The summed E-state index contributed by atoms with van der Waals surface area (Å²) in [4.78, 5) is 2.45. The minimum atomic E-state index is 0. The predicted octanol–water partition coefficient (Wildman–Crippen LogP) is 1.39. The largest absolute Gasteiger partial charge is 0.314 e. The van der Waals surface area contributed by atoms with Crippen LogP contribution in [-0.2, 0) is 0 Å². The average molecular weight is 215 g/mol. The van der Waals surface area contributed by atoms with Crippen LogP contribution in [0.2, 0.25) is 0 Å². The Bertz CT molecular complexity index is 109. The van der Waals surface area contributed by atoms with Gasteiger partial charge >= 0.3 is 0 Å². The summed E-state index contributed by atoms with van der Waals surface area (Å²) in [6.45, 7) is 8.08. The zero-order valence-electron chi connectivity index (χ0n) is 8.04. The van der Waals surface area contributed by atoms with Crippen LogP contribution in [0.4, 0.5) is 0 Å². The highest BCUT2D eigenvalue weighted by Gasteiger charge is 2.20. The van der Waals surface area contributed by atoms with Crippen LogP contribution in [0.15, 0.2) is 0 Å². The van der Waals surface area contributed by atoms with Crippen molar-refractivity contribution >= 4 is 24.8 Å². The molecule has 4 heteroatoms. The van der Waals surface area contributed by atoms with E-state index in [0.29, 0.717) is 0 Å². The van der Waals surface area contributed by atoms with E-state index >= 15 is 0 Å². The molecule has 12 heavy (non-hydrogen) atoms. The summed E-state index contributed by atoms with van der Waals surface area (Å²) in [5.41, 5.74) is 0. The van der Waals surface area contributed by atoms with E-state index in [-0.39, 0.29) is 24.8 Å². The topological polar surface area (TPSA) is 15.3 Å². The first-order chi connectivity index (χ1) is 4.72. The lowest BCUT2D eigenvalue weighted by Crippen LogP contribution is -2.51. The molecule has 1 atom stereocenters. The van der Waals surface area contributed by atoms with E-state index in [9.17, 15) is 0 Å². The summed E-state index contributed by atoms with van der Waals surface area (Å²) in [5, 5.41) is 3.40. The molecular weight excluding hydrogens is 195 g/mol. The summed E-state index contributed by atoms with van der Waals surface area (Å²) in [5.74, 6) is 0.776. The van der Waals surface area contributed by atoms with E-state index in [1.807, 2.05) is 0 Å². The molecule has 2 nitrogen and oxygen atoms in total. The number of nitrogens with one attached hydrogen (secondary N) is 1. The Balaban J connectivity index is 0. The smallest absolute Gasteiger partial charge is 0.0241 e. The number of halogens is 2. The molecule has 1 rings (SSSR count). The van der Waals surface area contributed by atoms with Crippen LogP contribution in [0, 0.1) is 5.92 Å². The fraction of sp³-hybridized carbons (Fsp3) is 1.00. The van der Waals surface area contributed by atoms with Gasteiger partial charge in [-0.2, -0.15) is 0 Å². The SMILES string of the molecule is CC(C)C1CNCCN1C.Cl.Cl. The second kappa shape index (κ2) is 6.96. The molecule has 1 N–H and O–H groups in total. The van der Waals surface area contributed by atoms with Gasteiger partial charge in [-0.25, -0.2) is 0 Å². The maximum absolute atomic E-state index is 3.40. The molecule has 1 aliphatic heterocycles. The number of nitrogens with zero attached hydrogens (tertiary/aromatic N) is 1. The van der Waals surface area contributed by atoms with E-state index in [0.717, 1.165) is 25.0 Å². The molecule has 0 bridgehead atoms. The average Bonchev–Trinajstić information content (AvgIpc) is 1.88. The van der Waals surface area contributed by atoms with Gasteiger partial charge in [0, 0.05) is 25.7 Å². The molecule has 0 spiro atoms. The van der Waals surface area contributed by atoms with Gasteiger partial charge in [-0.15, -0.1) is 24.8 Å². The van der Waals surface area contributed by atoms with Crippen LogP contribution in [0.3, 0.4) is 0 Å². The van der Waals surface area contributed by atoms with Crippen molar-refractivity contribution in [3.63, 3.8) is 0 Å². The molecule has 76 valence electrons. The summed E-state index contributed by atoms with van der Waals surface area (Å²) in [7, 11) is 2.21. The zero-order chi connectivity index (χ0) is 7.56. The van der Waals surface area contributed by atoms with Gasteiger partial charge in [-0.05, 0) is 13.0 Å². The normalized spacial score (nSPS) is 24.5. The standard InChI is InChI=1S/C8H18N2.2ClH/c1-7(2)8-6-9-4-5-10(8)3;;/h7-9H,4-6H2,1-3H3;2*1H. The second-order valence-corrected chi connectivity index (χ2v) is 3.50. The summed E-state index contributed by atoms with van der Waals surface area (Å²) >= 11 is 0. The monoisotopic (exact) mass is 214 g/mol. The summed E-state index contributed by atoms with van der Waals surface area (Å²) in [6, 6.07) is 0.744. The summed E-state index contributed by atoms with van der Waals surface area (Å²) < 4.78 is 0. The highest BCUT2D eigenvalue weighted by molar-refractivity contribution is 5.85. The van der Waals surface area contributed by atoms with Crippen LogP contribution in [0.5, 0.6) is 0 Å². The molecule has 0 aromatic heterocycles. The molecular formula is C8H20Cl2N2. The first kappa shape index (κ1) is 15.0. The number of piperazine rings is 1. The van der Waals surface area contributed by atoms with Gasteiger partial charge in [0.25, 0.3) is 0 Å². The molecule has 1 unspecified atom stereocenters. The van der Waals surface area contributed by atoms with E-state index in [2.05, 4.69) is 31.1 Å². The van der Waals surface area contributed by atoms with Crippen molar-refractivity contribution in [1.29, 1.82) is 0 Å². The van der Waals surface area contributed by atoms with Gasteiger partial charge in [-0.3, -0.25) is 0 Å². The minimum Gasteiger partial charge on any atom is -0.314 e. The molecule has 1 saturated heterocycles. The van der Waals surface area contributed by atoms with E-state index in [1.165, 1.54) is 6.54 Å². The molecule has 0 amide bonds. The van der Waals surface area contributed by atoms with Crippen molar-refractivity contribution in [3.8, 4) is 0 Å². The lowest BCUT2D eigenvalue weighted by Gasteiger charge is -2.35. The van der Waals surface area contributed by atoms with Crippen LogP contribution >= 0.6 is 24.8 Å². The third-order valence-electron chi connectivity index (χ3n) is 2.33. The highest BCUT2D eigenvalue weighted by Crippen LogP contribution is 2.09. The molecule has 0 aromatic rings. The fourth-order valence-electron chi connectivity index (χ4n) is 1.57. The van der Waals surface area contributed by atoms with Gasteiger partial charge < -0.3 is 10.2 Å². The van der Waals surface area contributed by atoms with Gasteiger partial charge in [0.2, 0.25) is 0 Å². The van der Waals surface area contributed by atoms with Crippen LogP contribution in [0.25, 0.3) is 0 Å². The predicted molar refractivity (Wildman–Crippen MR) is 58.6 cm³/mol. The quantitative estimate of drug-likeness (QED) is 0.711. The van der Waals surface area contributed by atoms with Crippen molar-refractivity contribution in [2.24, 2.45) is 5.92 Å². The Morgan fingerprint density at radius 1 is 1.33 bits per heavy atom. The third-order valence-corrected chi connectivity index (χ3v) is 2.33. The van der Waals surface area contributed by atoms with E-state index in [4.69, 9.17) is 0 Å². The maximum Gasteiger partial charge on any atom is 0.0241 e. The van der Waals surface area contributed by atoms with Crippen LogP contribution < -0.4 is 5.32 Å². The van der Waals surface area contributed by atoms with Gasteiger partial charge in [0.05, 0.1) is 0 Å². The number of hydrogen-bond acceptors (Lipinski definition) is 2. The Labute approximate surface area is 87.9 Å². The number of rotatable bonds is 1. The molecule has 0 aromatic carbocycles. The number of hydrogen-bond donors (Lipinski definition) is 1. The van der Waals surface area contributed by atoms with Crippen molar-refractivity contribution in [3.05, 3.63) is 0 Å². The Kier molecular flexibility index (Phi) is 8.69. The highest BCUT2D eigenvalue weighted by atomic mass is 35.5. The lowest BCUT2D eigenvalue weighted by molar-refractivity contribution is 0.157. The number of likely N-dealkylation sites (N-methyl/N-ethyl adjacent to an activating group) is 1. The molecule has 1 fully saturated rings. The van der Waals surface area contributed by atoms with Crippen molar-refractivity contribution in [1.82, 2.24) is 10.2 Å². The van der Waals surface area contributed by atoms with Gasteiger partial charge in [0.15, 0.2) is 0 Å². The Morgan fingerprint density at radius 3 is 2.25 bits per heavy atom. The van der Waals surface area contributed by atoms with Crippen molar-refractivity contribution < 1.29 is 0 Å². The Hall–Kier alpha value is 0.500. The van der Waals surface area contributed by atoms with Gasteiger partial charge in [-0.1, -0.05) is 13.8 Å². The Morgan fingerprint density at radius 2 is 1.92 bits per heavy atom. The molecule has 0 saturated carbocycles. The second-order valence-electron chi connectivity index (χ2n) is 3.50. The van der Waals surface area contributed by atoms with Crippen LogP contribution in [-0.4, -0.2) is 37.6 Å². The lowest BCUT2D eigenvalue weighted by atomic mass is 10.0. The van der Waals surface area contributed by atoms with E-state index in [1.54, 1.807) is 0 Å². The van der Waals surface area contributed by atoms with E-state index < -0.39 is 0 Å². The molecule has 1 aliphatic rings. The van der Waals surface area contributed by atoms with Gasteiger partial charge in [0.1, 0.15) is 0 Å². The maximum atomic E-state index is 3.40. The first-order valence-electron chi connectivity index (χ1n) is 4.13.